The van der Waals surface area contributed by atoms with Crippen LogP contribution in [0.3, 0.4) is 0 Å². The van der Waals surface area contributed by atoms with Gasteiger partial charge >= 0.3 is 0 Å². The van der Waals surface area contributed by atoms with E-state index in [1.165, 1.54) is 0 Å². The molecule has 0 amide bonds. The van der Waals surface area contributed by atoms with Crippen LogP contribution in [0, 0.1) is 5.92 Å². The molecular weight excluding hydrogens is 240 g/mol. The first-order valence-electron chi connectivity index (χ1n) is 6.98. The fraction of sp³-hybridized carbons (Fsp3) is 0.769. The van der Waals surface area contributed by atoms with E-state index in [1.54, 1.807) is 13.4 Å². The molecule has 0 aliphatic carbocycles. The van der Waals surface area contributed by atoms with Crippen molar-refractivity contribution >= 4 is 5.96 Å². The SMILES string of the molecule is CCc1nncn1CCNC(=NC)NCCC(C)C. The fourth-order valence-corrected chi connectivity index (χ4v) is 1.73. The summed E-state index contributed by atoms with van der Waals surface area (Å²) in [6, 6.07) is 0. The van der Waals surface area contributed by atoms with E-state index in [-0.39, 0.29) is 0 Å². The first-order chi connectivity index (χ1) is 9.17. The van der Waals surface area contributed by atoms with E-state index in [1.807, 2.05) is 0 Å². The summed E-state index contributed by atoms with van der Waals surface area (Å²) >= 11 is 0. The van der Waals surface area contributed by atoms with Crippen LogP contribution in [0.4, 0.5) is 0 Å². The van der Waals surface area contributed by atoms with Crippen LogP contribution in [0.1, 0.15) is 33.0 Å². The van der Waals surface area contributed by atoms with Gasteiger partial charge in [0.1, 0.15) is 12.2 Å². The van der Waals surface area contributed by atoms with Crippen LogP contribution in [0.2, 0.25) is 0 Å². The number of nitrogens with zero attached hydrogens (tertiary/aromatic N) is 4. The molecule has 6 heteroatoms. The Labute approximate surface area is 115 Å². The van der Waals surface area contributed by atoms with E-state index >= 15 is 0 Å². The summed E-state index contributed by atoms with van der Waals surface area (Å²) in [5, 5.41) is 14.6. The Morgan fingerprint density at radius 2 is 2.11 bits per heavy atom. The number of aliphatic imine (C=N–C) groups is 1. The Morgan fingerprint density at radius 3 is 2.74 bits per heavy atom. The van der Waals surface area contributed by atoms with Crippen molar-refractivity contribution in [2.75, 3.05) is 20.1 Å². The highest BCUT2D eigenvalue weighted by Gasteiger charge is 2.02. The molecule has 0 saturated heterocycles. The van der Waals surface area contributed by atoms with E-state index in [0.29, 0.717) is 5.92 Å². The number of hydrogen-bond acceptors (Lipinski definition) is 3. The minimum Gasteiger partial charge on any atom is -0.356 e. The van der Waals surface area contributed by atoms with Gasteiger partial charge in [-0.25, -0.2) is 0 Å². The predicted molar refractivity (Wildman–Crippen MR) is 78.2 cm³/mol. The van der Waals surface area contributed by atoms with Gasteiger partial charge in [-0.05, 0) is 12.3 Å². The van der Waals surface area contributed by atoms with Crippen molar-refractivity contribution in [1.82, 2.24) is 25.4 Å². The smallest absolute Gasteiger partial charge is 0.191 e. The van der Waals surface area contributed by atoms with Crippen LogP contribution < -0.4 is 10.6 Å². The largest absolute Gasteiger partial charge is 0.356 e. The molecule has 1 rings (SSSR count). The van der Waals surface area contributed by atoms with Crippen molar-refractivity contribution in [1.29, 1.82) is 0 Å². The van der Waals surface area contributed by atoms with Gasteiger partial charge in [-0.15, -0.1) is 10.2 Å². The van der Waals surface area contributed by atoms with Gasteiger partial charge < -0.3 is 15.2 Å². The summed E-state index contributed by atoms with van der Waals surface area (Å²) in [6.45, 7) is 9.13. The lowest BCUT2D eigenvalue weighted by atomic mass is 10.1. The van der Waals surface area contributed by atoms with E-state index < -0.39 is 0 Å². The molecule has 19 heavy (non-hydrogen) atoms. The van der Waals surface area contributed by atoms with Gasteiger partial charge in [0.15, 0.2) is 5.96 Å². The number of hydrogen-bond donors (Lipinski definition) is 2. The first-order valence-corrected chi connectivity index (χ1v) is 6.98. The highest BCUT2D eigenvalue weighted by molar-refractivity contribution is 5.79. The Bertz CT molecular complexity index is 382. The second-order valence-corrected chi connectivity index (χ2v) is 4.90. The van der Waals surface area contributed by atoms with Crippen molar-refractivity contribution in [2.45, 2.75) is 40.2 Å². The number of aromatic nitrogens is 3. The van der Waals surface area contributed by atoms with E-state index in [2.05, 4.69) is 51.2 Å². The van der Waals surface area contributed by atoms with Gasteiger partial charge in [-0.2, -0.15) is 0 Å². The zero-order chi connectivity index (χ0) is 14.1. The molecule has 0 fully saturated rings. The highest BCUT2D eigenvalue weighted by Crippen LogP contribution is 1.96. The Balaban J connectivity index is 2.26. The second-order valence-electron chi connectivity index (χ2n) is 4.90. The minimum atomic E-state index is 0.703. The molecule has 0 radical (unpaired) electrons. The molecule has 6 nitrogen and oxygen atoms in total. The van der Waals surface area contributed by atoms with Crippen molar-refractivity contribution in [2.24, 2.45) is 10.9 Å². The average molecular weight is 266 g/mol. The summed E-state index contributed by atoms with van der Waals surface area (Å²) in [6.07, 6.45) is 3.82. The fourth-order valence-electron chi connectivity index (χ4n) is 1.73. The molecule has 0 unspecified atom stereocenters. The highest BCUT2D eigenvalue weighted by atomic mass is 15.3. The van der Waals surface area contributed by atoms with Crippen LogP contribution in [0.15, 0.2) is 11.3 Å². The van der Waals surface area contributed by atoms with Crippen molar-refractivity contribution in [3.8, 4) is 0 Å². The van der Waals surface area contributed by atoms with Crippen LogP contribution in [0.5, 0.6) is 0 Å². The average Bonchev–Trinajstić information content (AvgIpc) is 2.84. The predicted octanol–water partition coefficient (Wildman–Crippen LogP) is 1.05. The molecule has 1 aromatic heterocycles. The van der Waals surface area contributed by atoms with Gasteiger partial charge in [0, 0.05) is 33.1 Å². The molecule has 0 aliphatic heterocycles. The zero-order valence-electron chi connectivity index (χ0n) is 12.5. The summed E-state index contributed by atoms with van der Waals surface area (Å²) in [4.78, 5) is 4.20. The van der Waals surface area contributed by atoms with E-state index in [0.717, 1.165) is 44.3 Å². The van der Waals surface area contributed by atoms with Gasteiger partial charge in [0.05, 0.1) is 0 Å². The van der Waals surface area contributed by atoms with Crippen LogP contribution >= 0.6 is 0 Å². The van der Waals surface area contributed by atoms with Gasteiger partial charge in [0.25, 0.3) is 0 Å². The first kappa shape index (κ1) is 15.5. The van der Waals surface area contributed by atoms with Crippen LogP contribution in [0.25, 0.3) is 0 Å². The van der Waals surface area contributed by atoms with E-state index in [4.69, 9.17) is 0 Å². The summed E-state index contributed by atoms with van der Waals surface area (Å²) in [5.74, 6) is 2.58. The lowest BCUT2D eigenvalue weighted by Gasteiger charge is -2.13. The quantitative estimate of drug-likeness (QED) is 0.572. The third-order valence-corrected chi connectivity index (χ3v) is 2.89. The molecule has 0 bridgehead atoms. The number of guanidine groups is 1. The molecule has 1 heterocycles. The molecule has 0 saturated carbocycles. The Hall–Kier alpha value is -1.59. The van der Waals surface area contributed by atoms with Gasteiger partial charge in [-0.3, -0.25) is 4.99 Å². The molecule has 0 aliphatic rings. The normalized spacial score (nSPS) is 11.9. The zero-order valence-corrected chi connectivity index (χ0v) is 12.5. The lowest BCUT2D eigenvalue weighted by Crippen LogP contribution is -2.39. The monoisotopic (exact) mass is 266 g/mol. The summed E-state index contributed by atoms with van der Waals surface area (Å²) in [5.41, 5.74) is 0. The maximum absolute atomic E-state index is 4.20. The molecule has 1 aromatic rings. The van der Waals surface area contributed by atoms with Crippen molar-refractivity contribution in [3.63, 3.8) is 0 Å². The molecule has 0 spiro atoms. The molecule has 0 atom stereocenters. The summed E-state index contributed by atoms with van der Waals surface area (Å²) < 4.78 is 2.06. The maximum atomic E-state index is 4.20. The Morgan fingerprint density at radius 1 is 1.37 bits per heavy atom. The summed E-state index contributed by atoms with van der Waals surface area (Å²) in [7, 11) is 1.79. The van der Waals surface area contributed by atoms with Crippen molar-refractivity contribution in [3.05, 3.63) is 12.2 Å². The minimum absolute atomic E-state index is 0.703. The molecular formula is C13H26N6. The number of nitrogens with one attached hydrogen (secondary N) is 2. The van der Waals surface area contributed by atoms with Crippen LogP contribution in [-0.4, -0.2) is 40.9 Å². The number of rotatable bonds is 7. The lowest BCUT2D eigenvalue weighted by molar-refractivity contribution is 0.570. The topological polar surface area (TPSA) is 67.1 Å². The molecule has 0 aromatic carbocycles. The third-order valence-electron chi connectivity index (χ3n) is 2.89. The maximum Gasteiger partial charge on any atom is 0.191 e. The van der Waals surface area contributed by atoms with Gasteiger partial charge in [-0.1, -0.05) is 20.8 Å². The van der Waals surface area contributed by atoms with E-state index in [9.17, 15) is 0 Å². The molecule has 108 valence electrons. The molecule has 2 N–H and O–H groups in total. The Kier molecular flexibility index (Phi) is 6.92. The second kappa shape index (κ2) is 8.50. The number of aryl methyl sites for hydroxylation is 1. The van der Waals surface area contributed by atoms with Gasteiger partial charge in [0.2, 0.25) is 0 Å². The standard InChI is InChI=1S/C13H26N6/c1-5-12-18-17-10-19(12)9-8-16-13(14-4)15-7-6-11(2)3/h10-11H,5-9H2,1-4H3,(H2,14,15,16). The van der Waals surface area contributed by atoms with Crippen molar-refractivity contribution < 1.29 is 0 Å². The third kappa shape index (κ3) is 5.72. The van der Waals surface area contributed by atoms with Crippen LogP contribution in [-0.2, 0) is 13.0 Å².